The van der Waals surface area contributed by atoms with E-state index in [0.29, 0.717) is 12.3 Å². The van der Waals surface area contributed by atoms with Crippen molar-refractivity contribution in [2.24, 2.45) is 0 Å². The molecule has 1 aliphatic heterocycles. The molecule has 2 atom stereocenters. The zero-order valence-corrected chi connectivity index (χ0v) is 12.4. The summed E-state index contributed by atoms with van der Waals surface area (Å²) in [4.78, 5) is 0. The normalized spacial score (nSPS) is 19.0. The summed E-state index contributed by atoms with van der Waals surface area (Å²) < 4.78 is 47.9. The van der Waals surface area contributed by atoms with Crippen LogP contribution in [-0.2, 0) is 13.0 Å². The van der Waals surface area contributed by atoms with Crippen molar-refractivity contribution in [1.29, 1.82) is 0 Å². The van der Waals surface area contributed by atoms with E-state index in [0.717, 1.165) is 23.3 Å². The fourth-order valence-electron chi connectivity index (χ4n) is 2.51. The summed E-state index contributed by atoms with van der Waals surface area (Å²) in [5, 5.41) is 2.88. The van der Waals surface area contributed by atoms with Crippen molar-refractivity contribution in [3.63, 3.8) is 0 Å². The molecule has 0 bridgehead atoms. The molecule has 0 amide bonds. The van der Waals surface area contributed by atoms with Crippen LogP contribution in [-0.4, -0.2) is 25.4 Å². The molecule has 21 heavy (non-hydrogen) atoms. The molecule has 6 heteroatoms. The number of ether oxygens (including phenoxy) is 2. The number of hydrogen-bond donors (Lipinski definition) is 1. The molecule has 2 rings (SSSR count). The van der Waals surface area contributed by atoms with Crippen molar-refractivity contribution >= 4 is 0 Å². The van der Waals surface area contributed by atoms with Gasteiger partial charge in [-0.2, -0.15) is 13.2 Å². The maximum absolute atomic E-state index is 12.3. The molecule has 118 valence electrons. The van der Waals surface area contributed by atoms with Gasteiger partial charge in [0.15, 0.2) is 0 Å². The second kappa shape index (κ2) is 6.13. The highest BCUT2D eigenvalue weighted by Gasteiger charge is 2.30. The highest BCUT2D eigenvalue weighted by atomic mass is 19.4. The van der Waals surface area contributed by atoms with Crippen LogP contribution in [0.4, 0.5) is 13.2 Å². The van der Waals surface area contributed by atoms with Crippen LogP contribution in [0.2, 0.25) is 0 Å². The lowest BCUT2D eigenvalue weighted by molar-refractivity contribution is -0.139. The zero-order valence-electron chi connectivity index (χ0n) is 12.4. The Balaban J connectivity index is 2.05. The Kier molecular flexibility index (Phi) is 4.66. The smallest absolute Gasteiger partial charge is 0.390 e. The van der Waals surface area contributed by atoms with E-state index in [1.165, 1.54) is 6.92 Å². The van der Waals surface area contributed by atoms with Crippen molar-refractivity contribution in [1.82, 2.24) is 5.32 Å². The third-order valence-corrected chi connectivity index (χ3v) is 3.48. The number of fused-ring (bicyclic) bond motifs is 1. The van der Waals surface area contributed by atoms with E-state index in [1.54, 1.807) is 7.11 Å². The molecule has 1 aromatic rings. The summed E-state index contributed by atoms with van der Waals surface area (Å²) in [6.45, 7) is 3.81. The van der Waals surface area contributed by atoms with E-state index < -0.39 is 18.6 Å². The van der Waals surface area contributed by atoms with Gasteiger partial charge in [-0.3, -0.25) is 0 Å². The molecule has 0 spiro atoms. The molecule has 0 radical (unpaired) electrons. The van der Waals surface area contributed by atoms with Crippen LogP contribution in [0, 0.1) is 0 Å². The van der Waals surface area contributed by atoms with Gasteiger partial charge in [0, 0.05) is 30.1 Å². The average Bonchev–Trinajstić information content (AvgIpc) is 2.72. The minimum absolute atomic E-state index is 0.122. The van der Waals surface area contributed by atoms with Crippen LogP contribution in [0.1, 0.15) is 31.4 Å². The van der Waals surface area contributed by atoms with Crippen LogP contribution < -0.4 is 14.8 Å². The fourth-order valence-corrected chi connectivity index (χ4v) is 2.51. The second-order valence-corrected chi connectivity index (χ2v) is 5.51. The Morgan fingerprint density at radius 2 is 2.14 bits per heavy atom. The van der Waals surface area contributed by atoms with Gasteiger partial charge in [-0.1, -0.05) is 0 Å². The van der Waals surface area contributed by atoms with Gasteiger partial charge in [-0.25, -0.2) is 0 Å². The van der Waals surface area contributed by atoms with Gasteiger partial charge in [0.25, 0.3) is 0 Å². The number of methoxy groups -OCH3 is 1. The lowest BCUT2D eigenvalue weighted by Crippen LogP contribution is -2.30. The number of hydrogen-bond acceptors (Lipinski definition) is 3. The molecular formula is C15H20F3NO2. The molecule has 0 aromatic heterocycles. The molecule has 0 saturated carbocycles. The fraction of sp³-hybridized carbons (Fsp3) is 0.600. The van der Waals surface area contributed by atoms with Gasteiger partial charge in [0.1, 0.15) is 17.6 Å². The maximum atomic E-state index is 12.3. The summed E-state index contributed by atoms with van der Waals surface area (Å²) in [6.07, 6.45) is -4.07. The first kappa shape index (κ1) is 15.9. The molecule has 1 heterocycles. The summed E-state index contributed by atoms with van der Waals surface area (Å²) in [5.74, 6) is 1.47. The van der Waals surface area contributed by atoms with Gasteiger partial charge >= 0.3 is 6.18 Å². The Morgan fingerprint density at radius 1 is 1.43 bits per heavy atom. The van der Waals surface area contributed by atoms with E-state index in [9.17, 15) is 13.2 Å². The van der Waals surface area contributed by atoms with Gasteiger partial charge < -0.3 is 14.8 Å². The first-order valence-corrected chi connectivity index (χ1v) is 6.95. The topological polar surface area (TPSA) is 30.5 Å². The van der Waals surface area contributed by atoms with E-state index >= 15 is 0 Å². The van der Waals surface area contributed by atoms with Gasteiger partial charge in [-0.05, 0) is 26.0 Å². The molecule has 1 N–H and O–H groups in total. The lowest BCUT2D eigenvalue weighted by atomic mass is 10.1. The van der Waals surface area contributed by atoms with Crippen molar-refractivity contribution in [3.05, 3.63) is 23.3 Å². The standard InChI is InChI=1S/C15H20F3NO2/c1-9(7-15(16,17)18)19-8-12-6-14-11(4-10(2)21-14)5-13(12)20-3/h5-6,9-10,19H,4,7-8H2,1-3H3. The van der Waals surface area contributed by atoms with Crippen LogP contribution in [0.3, 0.4) is 0 Å². The summed E-state index contributed by atoms with van der Waals surface area (Å²) in [5.41, 5.74) is 1.88. The molecule has 1 aromatic carbocycles. The third-order valence-electron chi connectivity index (χ3n) is 3.48. The summed E-state index contributed by atoms with van der Waals surface area (Å²) >= 11 is 0. The van der Waals surface area contributed by atoms with E-state index in [2.05, 4.69) is 5.32 Å². The monoisotopic (exact) mass is 303 g/mol. The van der Waals surface area contributed by atoms with Crippen molar-refractivity contribution in [2.45, 2.75) is 51.6 Å². The second-order valence-electron chi connectivity index (χ2n) is 5.51. The number of rotatable bonds is 5. The van der Waals surface area contributed by atoms with Crippen LogP contribution in [0.15, 0.2) is 12.1 Å². The Morgan fingerprint density at radius 3 is 2.76 bits per heavy atom. The Hall–Kier alpha value is -1.43. The van der Waals surface area contributed by atoms with Gasteiger partial charge in [-0.15, -0.1) is 0 Å². The predicted octanol–water partition coefficient (Wildman–Crippen LogP) is 3.45. The van der Waals surface area contributed by atoms with E-state index in [4.69, 9.17) is 9.47 Å². The zero-order chi connectivity index (χ0) is 15.6. The summed E-state index contributed by atoms with van der Waals surface area (Å²) in [6, 6.07) is 3.11. The van der Waals surface area contributed by atoms with Crippen molar-refractivity contribution < 1.29 is 22.6 Å². The Bertz CT molecular complexity index is 502. The summed E-state index contributed by atoms with van der Waals surface area (Å²) in [7, 11) is 1.56. The predicted molar refractivity (Wildman–Crippen MR) is 73.8 cm³/mol. The van der Waals surface area contributed by atoms with Gasteiger partial charge in [0.2, 0.25) is 0 Å². The lowest BCUT2D eigenvalue weighted by Gasteiger charge is -2.17. The molecule has 2 unspecified atom stereocenters. The molecule has 0 fully saturated rings. The molecule has 3 nitrogen and oxygen atoms in total. The third kappa shape index (κ3) is 4.27. The minimum Gasteiger partial charge on any atom is -0.496 e. The average molecular weight is 303 g/mol. The molecule has 0 aliphatic carbocycles. The quantitative estimate of drug-likeness (QED) is 0.904. The largest absolute Gasteiger partial charge is 0.496 e. The number of benzene rings is 1. The SMILES string of the molecule is COc1cc2c(cc1CNC(C)CC(F)(F)F)OC(C)C2. The molecular weight excluding hydrogens is 283 g/mol. The van der Waals surface area contributed by atoms with E-state index in [1.807, 2.05) is 19.1 Å². The van der Waals surface area contributed by atoms with Crippen LogP contribution in [0.25, 0.3) is 0 Å². The van der Waals surface area contributed by atoms with Crippen LogP contribution >= 0.6 is 0 Å². The van der Waals surface area contributed by atoms with Gasteiger partial charge in [0.05, 0.1) is 13.5 Å². The van der Waals surface area contributed by atoms with Crippen molar-refractivity contribution in [3.8, 4) is 11.5 Å². The molecule has 1 aliphatic rings. The van der Waals surface area contributed by atoms with Crippen molar-refractivity contribution in [2.75, 3.05) is 7.11 Å². The maximum Gasteiger partial charge on any atom is 0.390 e. The van der Waals surface area contributed by atoms with Crippen LogP contribution in [0.5, 0.6) is 11.5 Å². The first-order chi connectivity index (χ1) is 9.78. The highest BCUT2D eigenvalue weighted by molar-refractivity contribution is 5.48. The van der Waals surface area contributed by atoms with E-state index in [-0.39, 0.29) is 6.10 Å². The Labute approximate surface area is 122 Å². The number of halogens is 3. The molecule has 0 saturated heterocycles. The minimum atomic E-state index is -4.16. The number of nitrogens with one attached hydrogen (secondary N) is 1. The highest BCUT2D eigenvalue weighted by Crippen LogP contribution is 2.35. The number of alkyl halides is 3. The first-order valence-electron chi connectivity index (χ1n) is 6.95.